The number of rotatable bonds is 0. The summed E-state index contributed by atoms with van der Waals surface area (Å²) in [6, 6.07) is 2.05. The topological polar surface area (TPSA) is 0 Å². The van der Waals surface area contributed by atoms with Crippen LogP contribution in [0.2, 0.25) is 0 Å². The summed E-state index contributed by atoms with van der Waals surface area (Å²) in [5.41, 5.74) is 5.42. The van der Waals surface area contributed by atoms with Crippen molar-refractivity contribution < 1.29 is 65.6 Å². The first-order chi connectivity index (χ1) is 16.7. The van der Waals surface area contributed by atoms with Gasteiger partial charge in [-0.3, -0.25) is 29.7 Å². The fourth-order valence-electron chi connectivity index (χ4n) is 2.29. The fourth-order valence-corrected chi connectivity index (χ4v) is 2.29. The van der Waals surface area contributed by atoms with E-state index in [9.17, 15) is 43.9 Å². The van der Waals surface area contributed by atoms with Crippen molar-refractivity contribution in [3.63, 3.8) is 0 Å². The third-order valence-corrected chi connectivity index (χ3v) is 4.71. The van der Waals surface area contributed by atoms with E-state index >= 15 is 0 Å². The molecule has 0 bridgehead atoms. The van der Waals surface area contributed by atoms with Gasteiger partial charge in [-0.1, -0.05) is 13.8 Å². The van der Waals surface area contributed by atoms with Gasteiger partial charge in [-0.15, -0.1) is 38.8 Å². The average Bonchev–Trinajstić information content (AvgIpc) is 3.40. The van der Waals surface area contributed by atoms with Crippen molar-refractivity contribution in [2.24, 2.45) is 0 Å². The van der Waals surface area contributed by atoms with Gasteiger partial charge >= 0.3 is 21.7 Å². The van der Waals surface area contributed by atoms with Crippen molar-refractivity contribution in [2.75, 3.05) is 0 Å². The Morgan fingerprint density at radius 2 is 0.703 bits per heavy atom. The Kier molecular flexibility index (Phi) is 14.5. The largest absolute Gasteiger partial charge is 4.00 e. The van der Waals surface area contributed by atoms with Crippen LogP contribution in [-0.4, -0.2) is 0 Å². The van der Waals surface area contributed by atoms with Gasteiger partial charge in [-0.25, -0.2) is 48.6 Å². The molecule has 0 N–H and O–H groups in total. The van der Waals surface area contributed by atoms with E-state index in [0.717, 1.165) is 25.0 Å². The predicted octanol–water partition coefficient (Wildman–Crippen LogP) is 8.53. The first kappa shape index (κ1) is 34.4. The molecule has 2 aromatic carbocycles. The Bertz CT molecular complexity index is 1050. The molecule has 0 aromatic heterocycles. The Labute approximate surface area is 223 Å². The predicted molar refractivity (Wildman–Crippen MR) is 112 cm³/mol. The Morgan fingerprint density at radius 3 is 0.838 bits per heavy atom. The van der Waals surface area contributed by atoms with Gasteiger partial charge in [-0.2, -0.15) is 12.2 Å². The van der Waals surface area contributed by atoms with Gasteiger partial charge in [0.2, 0.25) is 0 Å². The van der Waals surface area contributed by atoms with Crippen molar-refractivity contribution in [1.29, 1.82) is 0 Å². The summed E-state index contributed by atoms with van der Waals surface area (Å²) in [5, 5.41) is 0. The molecule has 0 spiro atoms. The average molecular weight is 568 g/mol. The molecule has 0 unspecified atom stereocenters. The molecule has 0 aliphatic heterocycles. The van der Waals surface area contributed by atoms with Gasteiger partial charge in [0.05, 0.1) is 58.2 Å². The minimum absolute atomic E-state index is 0. The van der Waals surface area contributed by atoms with E-state index in [1.165, 1.54) is 22.3 Å². The van der Waals surface area contributed by atoms with Crippen LogP contribution < -0.4 is 0 Å². The molecular formula is C26H18F10Ti. The maximum Gasteiger partial charge on any atom is 4.00 e. The second-order valence-corrected chi connectivity index (χ2v) is 7.18. The molecule has 4 rings (SSSR count). The molecule has 0 fully saturated rings. The van der Waals surface area contributed by atoms with Crippen LogP contribution in [-0.2, 0) is 21.7 Å². The van der Waals surface area contributed by atoms with Crippen LogP contribution in [0.25, 0.3) is 0 Å². The van der Waals surface area contributed by atoms with Gasteiger partial charge in [0.15, 0.2) is 0 Å². The minimum atomic E-state index is -2.17. The normalized spacial score (nSPS) is 13.4. The SMILES string of the molecule is CC1=[C-]CC=C1C.CC1=[C-]CC=C1C.Fc1[c-]c(F)c(F)c(F)c1F.Fc1[c-]c(F)c(F)c(F)c1F.[Ti+4]. The van der Waals surface area contributed by atoms with Crippen LogP contribution >= 0.6 is 0 Å². The number of hydrogen-bond donors (Lipinski definition) is 0. The third-order valence-electron chi connectivity index (χ3n) is 4.71. The summed E-state index contributed by atoms with van der Waals surface area (Å²) in [6.45, 7) is 8.43. The molecular weight excluding hydrogens is 550 g/mol. The van der Waals surface area contributed by atoms with Crippen LogP contribution in [0.5, 0.6) is 0 Å². The monoisotopic (exact) mass is 568 g/mol. The van der Waals surface area contributed by atoms with E-state index in [-0.39, 0.29) is 21.7 Å². The molecule has 0 amide bonds. The van der Waals surface area contributed by atoms with E-state index in [1.807, 2.05) is 0 Å². The van der Waals surface area contributed by atoms with Crippen LogP contribution in [0, 0.1) is 82.5 Å². The van der Waals surface area contributed by atoms with Gasteiger partial charge in [0.1, 0.15) is 0 Å². The maximum atomic E-state index is 12.0. The molecule has 0 radical (unpaired) electrons. The van der Waals surface area contributed by atoms with Gasteiger partial charge in [0, 0.05) is 0 Å². The first-order valence-corrected chi connectivity index (χ1v) is 9.99. The summed E-state index contributed by atoms with van der Waals surface area (Å²) in [5.74, 6) is -20.1. The summed E-state index contributed by atoms with van der Waals surface area (Å²) in [4.78, 5) is 0. The molecule has 0 heterocycles. The van der Waals surface area contributed by atoms with Gasteiger partial charge in [0.25, 0.3) is 0 Å². The van der Waals surface area contributed by atoms with E-state index in [1.54, 1.807) is 0 Å². The number of benzene rings is 2. The van der Waals surface area contributed by atoms with E-state index in [2.05, 4.69) is 52.0 Å². The smallest absolute Gasteiger partial charge is 0.278 e. The van der Waals surface area contributed by atoms with Crippen LogP contribution in [0.4, 0.5) is 43.9 Å². The van der Waals surface area contributed by atoms with E-state index in [0.29, 0.717) is 0 Å². The number of hydrogen-bond acceptors (Lipinski definition) is 0. The summed E-state index contributed by atoms with van der Waals surface area (Å²) in [6.07, 6.45) is 12.8. The molecule has 11 heteroatoms. The van der Waals surface area contributed by atoms with Gasteiger partial charge in [-0.05, 0) is 0 Å². The summed E-state index contributed by atoms with van der Waals surface area (Å²) >= 11 is 0. The van der Waals surface area contributed by atoms with Crippen molar-refractivity contribution >= 4 is 0 Å². The second-order valence-electron chi connectivity index (χ2n) is 7.18. The minimum Gasteiger partial charge on any atom is -0.278 e. The molecule has 0 saturated heterocycles. The molecule has 2 aliphatic carbocycles. The zero-order chi connectivity index (χ0) is 27.7. The van der Waals surface area contributed by atoms with Crippen LogP contribution in [0.3, 0.4) is 0 Å². The second kappa shape index (κ2) is 15.6. The summed E-state index contributed by atoms with van der Waals surface area (Å²) in [7, 11) is 0. The van der Waals surface area contributed by atoms with E-state index < -0.39 is 58.2 Å². The molecule has 2 aromatic rings. The first-order valence-electron chi connectivity index (χ1n) is 9.99. The van der Waals surface area contributed by atoms with Crippen LogP contribution in [0.15, 0.2) is 34.4 Å². The summed E-state index contributed by atoms with van der Waals surface area (Å²) < 4.78 is 120. The van der Waals surface area contributed by atoms with Crippen molar-refractivity contribution in [3.05, 3.63) is 117 Å². The van der Waals surface area contributed by atoms with Crippen LogP contribution in [0.1, 0.15) is 40.5 Å². The molecule has 0 nitrogen and oxygen atoms in total. The quantitative estimate of drug-likeness (QED) is 0.0983. The maximum absolute atomic E-state index is 12.0. The molecule has 2 aliphatic rings. The molecule has 0 saturated carbocycles. The third kappa shape index (κ3) is 10.0. The van der Waals surface area contributed by atoms with Crippen molar-refractivity contribution in [2.45, 2.75) is 40.5 Å². The Morgan fingerprint density at radius 1 is 0.459 bits per heavy atom. The zero-order valence-electron chi connectivity index (χ0n) is 19.8. The molecule has 37 heavy (non-hydrogen) atoms. The number of halogens is 10. The van der Waals surface area contributed by atoms with Crippen molar-refractivity contribution in [3.8, 4) is 0 Å². The standard InChI is InChI=1S/2C7H9.2C6F5.Ti/c2*1-6-4-3-5-7(6)2;2*7-2-1-3(8)5(10)6(11)4(2)9;/h2*4H,3H2,1-2H3;;;/q4*-1;+4. The molecule has 196 valence electrons. The molecule has 0 atom stereocenters. The Balaban J connectivity index is 0.000000473. The van der Waals surface area contributed by atoms with E-state index in [4.69, 9.17) is 0 Å². The number of allylic oxidation sites excluding steroid dienone is 8. The van der Waals surface area contributed by atoms with Gasteiger partial charge < -0.3 is 0 Å². The van der Waals surface area contributed by atoms with Crippen molar-refractivity contribution in [1.82, 2.24) is 0 Å². The fraction of sp³-hybridized carbons (Fsp3) is 0.231. The zero-order valence-corrected chi connectivity index (χ0v) is 21.4. The Hall–Kier alpha value is -2.59.